The summed E-state index contributed by atoms with van der Waals surface area (Å²) in [5.41, 5.74) is 8.41. The summed E-state index contributed by atoms with van der Waals surface area (Å²) >= 11 is 0. The van der Waals surface area contributed by atoms with Gasteiger partial charge in [-0.15, -0.1) is 0 Å². The molecule has 21 heavy (non-hydrogen) atoms. The normalized spacial score (nSPS) is 16.2. The van der Waals surface area contributed by atoms with Crippen LogP contribution in [0.5, 0.6) is 0 Å². The van der Waals surface area contributed by atoms with E-state index >= 15 is 0 Å². The number of nitrogens with two attached hydrogens (primary N) is 1. The van der Waals surface area contributed by atoms with Gasteiger partial charge in [0.05, 0.1) is 23.1 Å². The van der Waals surface area contributed by atoms with Crippen LogP contribution in [0.1, 0.15) is 28.9 Å². The molecule has 5 nitrogen and oxygen atoms in total. The third kappa shape index (κ3) is 2.69. The van der Waals surface area contributed by atoms with Crippen molar-refractivity contribution in [3.63, 3.8) is 0 Å². The van der Waals surface area contributed by atoms with Crippen molar-refractivity contribution in [3.05, 3.63) is 47.8 Å². The highest BCUT2D eigenvalue weighted by molar-refractivity contribution is 5.95. The minimum absolute atomic E-state index is 0.0570. The highest BCUT2D eigenvalue weighted by atomic mass is 16.2. The number of likely N-dealkylation sites (tertiary alicyclic amines) is 1. The van der Waals surface area contributed by atoms with Gasteiger partial charge in [-0.2, -0.15) is 5.10 Å². The predicted octanol–water partition coefficient (Wildman–Crippen LogP) is 1.74. The highest BCUT2D eigenvalue weighted by Crippen LogP contribution is 2.18. The van der Waals surface area contributed by atoms with Crippen molar-refractivity contribution in [2.24, 2.45) is 5.73 Å². The summed E-state index contributed by atoms with van der Waals surface area (Å²) in [6, 6.07) is 10.1. The van der Waals surface area contributed by atoms with E-state index in [0.29, 0.717) is 5.56 Å². The van der Waals surface area contributed by atoms with E-state index in [1.807, 2.05) is 46.8 Å². The maximum atomic E-state index is 12.6. The number of hydrogen-bond donors (Lipinski definition) is 1. The van der Waals surface area contributed by atoms with Crippen LogP contribution in [-0.4, -0.2) is 39.7 Å². The second kappa shape index (κ2) is 5.69. The number of rotatable bonds is 2. The molecule has 3 rings (SSSR count). The van der Waals surface area contributed by atoms with Gasteiger partial charge in [0, 0.05) is 19.1 Å². The summed E-state index contributed by atoms with van der Waals surface area (Å²) < 4.78 is 1.81. The van der Waals surface area contributed by atoms with Crippen LogP contribution in [0.4, 0.5) is 0 Å². The van der Waals surface area contributed by atoms with Crippen molar-refractivity contribution in [3.8, 4) is 5.69 Å². The van der Waals surface area contributed by atoms with Crippen LogP contribution in [0.15, 0.2) is 36.5 Å². The molecule has 1 aromatic heterocycles. The van der Waals surface area contributed by atoms with Crippen LogP contribution in [0.3, 0.4) is 0 Å². The first-order valence-corrected chi connectivity index (χ1v) is 7.31. The van der Waals surface area contributed by atoms with E-state index < -0.39 is 0 Å². The van der Waals surface area contributed by atoms with Crippen molar-refractivity contribution in [1.29, 1.82) is 0 Å². The Kier molecular flexibility index (Phi) is 3.75. The third-order valence-corrected chi connectivity index (χ3v) is 4.07. The molecule has 2 aromatic rings. The monoisotopic (exact) mass is 284 g/mol. The van der Waals surface area contributed by atoms with Crippen molar-refractivity contribution < 1.29 is 4.79 Å². The summed E-state index contributed by atoms with van der Waals surface area (Å²) in [6.45, 7) is 3.40. The second-order valence-electron chi connectivity index (χ2n) is 5.52. The van der Waals surface area contributed by atoms with Gasteiger partial charge in [0.1, 0.15) is 0 Å². The average Bonchev–Trinajstić information content (AvgIpc) is 2.90. The molecule has 0 saturated carbocycles. The average molecular weight is 284 g/mol. The lowest BCUT2D eigenvalue weighted by Crippen LogP contribution is -2.42. The minimum atomic E-state index is 0.0570. The zero-order valence-electron chi connectivity index (χ0n) is 12.2. The van der Waals surface area contributed by atoms with E-state index in [9.17, 15) is 4.79 Å². The molecule has 110 valence electrons. The fourth-order valence-corrected chi connectivity index (χ4v) is 2.72. The molecule has 5 heteroatoms. The van der Waals surface area contributed by atoms with Crippen molar-refractivity contribution in [2.45, 2.75) is 25.8 Å². The molecule has 0 unspecified atom stereocenters. The van der Waals surface area contributed by atoms with E-state index in [1.165, 1.54) is 0 Å². The fourth-order valence-electron chi connectivity index (χ4n) is 2.72. The first-order valence-electron chi connectivity index (χ1n) is 7.31. The zero-order chi connectivity index (χ0) is 14.8. The molecule has 1 aliphatic heterocycles. The van der Waals surface area contributed by atoms with E-state index in [0.717, 1.165) is 37.3 Å². The van der Waals surface area contributed by atoms with Crippen LogP contribution in [0.25, 0.3) is 5.69 Å². The first kappa shape index (κ1) is 13.8. The standard InChI is InChI=1S/C16H20N4O/c1-12-15(16(21)19-9-7-13(17)8-10-19)11-18-20(12)14-5-3-2-4-6-14/h2-6,11,13H,7-10,17H2,1H3. The lowest BCUT2D eigenvalue weighted by Gasteiger charge is -2.30. The van der Waals surface area contributed by atoms with Crippen LogP contribution in [-0.2, 0) is 0 Å². The van der Waals surface area contributed by atoms with Gasteiger partial charge in [-0.25, -0.2) is 4.68 Å². The number of amides is 1. The van der Waals surface area contributed by atoms with E-state index in [4.69, 9.17) is 5.73 Å². The Bertz CT molecular complexity index is 627. The van der Waals surface area contributed by atoms with Gasteiger partial charge in [-0.3, -0.25) is 4.79 Å². The van der Waals surface area contributed by atoms with Gasteiger partial charge < -0.3 is 10.6 Å². The number of benzene rings is 1. The minimum Gasteiger partial charge on any atom is -0.338 e. The van der Waals surface area contributed by atoms with Gasteiger partial charge in [-0.05, 0) is 31.9 Å². The molecule has 1 fully saturated rings. The number of carbonyl (C=O) groups is 1. The largest absolute Gasteiger partial charge is 0.338 e. The van der Waals surface area contributed by atoms with Crippen LogP contribution < -0.4 is 5.73 Å². The fraction of sp³-hybridized carbons (Fsp3) is 0.375. The quantitative estimate of drug-likeness (QED) is 0.913. The zero-order valence-corrected chi connectivity index (χ0v) is 12.2. The Labute approximate surface area is 124 Å². The Hall–Kier alpha value is -2.14. The molecule has 1 aromatic carbocycles. The van der Waals surface area contributed by atoms with Crippen molar-refractivity contribution in [2.75, 3.05) is 13.1 Å². The summed E-state index contributed by atoms with van der Waals surface area (Å²) in [5.74, 6) is 0.0570. The number of carbonyl (C=O) groups excluding carboxylic acids is 1. The smallest absolute Gasteiger partial charge is 0.257 e. The number of piperidine rings is 1. The van der Waals surface area contributed by atoms with E-state index in [-0.39, 0.29) is 11.9 Å². The SMILES string of the molecule is Cc1c(C(=O)N2CCC(N)CC2)cnn1-c1ccccc1. The lowest BCUT2D eigenvalue weighted by atomic mass is 10.1. The van der Waals surface area contributed by atoms with Crippen LogP contribution in [0, 0.1) is 6.92 Å². The van der Waals surface area contributed by atoms with Crippen LogP contribution >= 0.6 is 0 Å². The third-order valence-electron chi connectivity index (χ3n) is 4.07. The Morgan fingerprint density at radius 3 is 2.57 bits per heavy atom. The molecule has 2 heterocycles. The Balaban J connectivity index is 1.84. The summed E-state index contributed by atoms with van der Waals surface area (Å²) in [7, 11) is 0. The predicted molar refractivity (Wildman–Crippen MR) is 81.4 cm³/mol. The molecule has 1 aliphatic rings. The molecule has 0 spiro atoms. The van der Waals surface area contributed by atoms with Crippen molar-refractivity contribution in [1.82, 2.24) is 14.7 Å². The molecule has 1 saturated heterocycles. The summed E-state index contributed by atoms with van der Waals surface area (Å²) in [5, 5.41) is 4.36. The molecule has 0 atom stereocenters. The number of aromatic nitrogens is 2. The second-order valence-corrected chi connectivity index (χ2v) is 5.52. The molecule has 2 N–H and O–H groups in total. The maximum absolute atomic E-state index is 12.6. The van der Waals surface area contributed by atoms with Gasteiger partial charge in [0.15, 0.2) is 0 Å². The molecular formula is C16H20N4O. The summed E-state index contributed by atoms with van der Waals surface area (Å²) in [4.78, 5) is 14.5. The number of nitrogens with zero attached hydrogens (tertiary/aromatic N) is 3. The van der Waals surface area contributed by atoms with E-state index in [1.54, 1.807) is 6.20 Å². The van der Waals surface area contributed by atoms with Gasteiger partial charge >= 0.3 is 0 Å². The molecular weight excluding hydrogens is 264 g/mol. The molecule has 1 amide bonds. The summed E-state index contributed by atoms with van der Waals surface area (Å²) in [6.07, 6.45) is 3.41. The van der Waals surface area contributed by atoms with Gasteiger partial charge in [0.25, 0.3) is 5.91 Å². The molecule has 0 bridgehead atoms. The molecule has 0 aliphatic carbocycles. The highest BCUT2D eigenvalue weighted by Gasteiger charge is 2.24. The maximum Gasteiger partial charge on any atom is 0.257 e. The van der Waals surface area contributed by atoms with Gasteiger partial charge in [-0.1, -0.05) is 18.2 Å². The number of para-hydroxylation sites is 1. The topological polar surface area (TPSA) is 64.2 Å². The van der Waals surface area contributed by atoms with Gasteiger partial charge in [0.2, 0.25) is 0 Å². The Morgan fingerprint density at radius 1 is 1.24 bits per heavy atom. The first-order chi connectivity index (χ1) is 10.2. The van der Waals surface area contributed by atoms with Crippen LogP contribution in [0.2, 0.25) is 0 Å². The Morgan fingerprint density at radius 2 is 1.90 bits per heavy atom. The number of hydrogen-bond acceptors (Lipinski definition) is 3. The van der Waals surface area contributed by atoms with E-state index in [2.05, 4.69) is 5.10 Å². The van der Waals surface area contributed by atoms with Crippen molar-refractivity contribution >= 4 is 5.91 Å². The molecule has 0 radical (unpaired) electrons. The lowest BCUT2D eigenvalue weighted by molar-refractivity contribution is 0.0714.